The molecule has 0 spiro atoms. The number of hydrogen-bond acceptors (Lipinski definition) is 1. The minimum absolute atomic E-state index is 0.533. The first-order chi connectivity index (χ1) is 7.15. The molecule has 0 saturated carbocycles. The molecule has 0 aliphatic heterocycles. The highest BCUT2D eigenvalue weighted by atomic mass is 79.9. The van der Waals surface area contributed by atoms with Gasteiger partial charge in [-0.05, 0) is 43.5 Å². The molecule has 1 nitrogen and oxygen atoms in total. The fraction of sp³-hybridized carbons (Fsp3) is 0.538. The van der Waals surface area contributed by atoms with E-state index < -0.39 is 0 Å². The molecule has 2 unspecified atom stereocenters. The van der Waals surface area contributed by atoms with E-state index in [-0.39, 0.29) is 0 Å². The molecule has 1 N–H and O–H groups in total. The summed E-state index contributed by atoms with van der Waals surface area (Å²) in [5.41, 5.74) is 1.40. The summed E-state index contributed by atoms with van der Waals surface area (Å²) in [6, 6.07) is 9.14. The predicted octanol–water partition coefficient (Wildman–Crippen LogP) is 3.94. The second-order valence-corrected chi connectivity index (χ2v) is 5.00. The molecule has 84 valence electrons. The average molecular weight is 270 g/mol. The Morgan fingerprint density at radius 2 is 1.80 bits per heavy atom. The Labute approximate surface area is 101 Å². The van der Waals surface area contributed by atoms with Crippen molar-refractivity contribution in [1.29, 1.82) is 0 Å². The summed E-state index contributed by atoms with van der Waals surface area (Å²) in [5, 5.41) is 3.53. The third kappa shape index (κ3) is 3.96. The quantitative estimate of drug-likeness (QED) is 0.854. The lowest BCUT2D eigenvalue weighted by Crippen LogP contribution is -2.31. The van der Waals surface area contributed by atoms with E-state index in [9.17, 15) is 0 Å². The second kappa shape index (κ2) is 6.29. The lowest BCUT2D eigenvalue weighted by molar-refractivity contribution is 0.481. The van der Waals surface area contributed by atoms with Crippen LogP contribution < -0.4 is 5.32 Å². The molecule has 2 atom stereocenters. The molecule has 0 saturated heterocycles. The Kier molecular flexibility index (Phi) is 5.34. The third-order valence-electron chi connectivity index (χ3n) is 2.86. The van der Waals surface area contributed by atoms with Gasteiger partial charge in [-0.2, -0.15) is 0 Å². The summed E-state index contributed by atoms with van der Waals surface area (Å²) in [6.07, 6.45) is 1.19. The van der Waals surface area contributed by atoms with Gasteiger partial charge in [0, 0.05) is 10.5 Å². The number of benzene rings is 1. The molecule has 1 aromatic carbocycles. The van der Waals surface area contributed by atoms with Gasteiger partial charge in [-0.1, -0.05) is 41.9 Å². The van der Waals surface area contributed by atoms with E-state index in [1.807, 2.05) is 0 Å². The number of nitrogens with one attached hydrogen (secondary N) is 1. The van der Waals surface area contributed by atoms with E-state index in [0.29, 0.717) is 12.0 Å². The van der Waals surface area contributed by atoms with Gasteiger partial charge in [-0.3, -0.25) is 0 Å². The molecule has 0 aliphatic carbocycles. The van der Waals surface area contributed by atoms with Crippen molar-refractivity contribution < 1.29 is 0 Å². The van der Waals surface area contributed by atoms with Crippen molar-refractivity contribution in [2.24, 2.45) is 0 Å². The fourth-order valence-electron chi connectivity index (χ4n) is 1.60. The van der Waals surface area contributed by atoms with Gasteiger partial charge in [-0.15, -0.1) is 0 Å². The van der Waals surface area contributed by atoms with Gasteiger partial charge in [0.15, 0.2) is 0 Å². The molecule has 1 aromatic rings. The molecule has 0 fully saturated rings. The average Bonchev–Trinajstić information content (AvgIpc) is 2.26. The summed E-state index contributed by atoms with van der Waals surface area (Å²) in [6.45, 7) is 7.82. The SMILES string of the molecule is CCCNC(C)C(C)c1ccc(Br)cc1. The van der Waals surface area contributed by atoms with Gasteiger partial charge in [0.05, 0.1) is 0 Å². The van der Waals surface area contributed by atoms with Gasteiger partial charge < -0.3 is 5.32 Å². The minimum Gasteiger partial charge on any atom is -0.314 e. The monoisotopic (exact) mass is 269 g/mol. The van der Waals surface area contributed by atoms with Crippen molar-refractivity contribution in [3.8, 4) is 0 Å². The van der Waals surface area contributed by atoms with E-state index in [4.69, 9.17) is 0 Å². The van der Waals surface area contributed by atoms with Crippen molar-refractivity contribution in [1.82, 2.24) is 5.32 Å². The first-order valence-corrected chi connectivity index (χ1v) is 6.43. The minimum atomic E-state index is 0.533. The van der Waals surface area contributed by atoms with Crippen LogP contribution >= 0.6 is 15.9 Å². The Bertz CT molecular complexity index is 281. The van der Waals surface area contributed by atoms with Crippen LogP contribution in [-0.4, -0.2) is 12.6 Å². The van der Waals surface area contributed by atoms with Crippen molar-refractivity contribution in [3.05, 3.63) is 34.3 Å². The predicted molar refractivity (Wildman–Crippen MR) is 70.3 cm³/mol. The van der Waals surface area contributed by atoms with Crippen molar-refractivity contribution in [2.45, 2.75) is 39.2 Å². The summed E-state index contributed by atoms with van der Waals surface area (Å²) in [5.74, 6) is 0.560. The molecule has 0 bridgehead atoms. The summed E-state index contributed by atoms with van der Waals surface area (Å²) in [4.78, 5) is 0. The van der Waals surface area contributed by atoms with Crippen molar-refractivity contribution in [2.75, 3.05) is 6.54 Å². The Hall–Kier alpha value is -0.340. The van der Waals surface area contributed by atoms with E-state index >= 15 is 0 Å². The van der Waals surface area contributed by atoms with Crippen LogP contribution in [0.4, 0.5) is 0 Å². The van der Waals surface area contributed by atoms with Crippen LogP contribution in [-0.2, 0) is 0 Å². The maximum absolute atomic E-state index is 3.53. The maximum atomic E-state index is 3.53. The lowest BCUT2D eigenvalue weighted by atomic mass is 9.94. The fourth-order valence-corrected chi connectivity index (χ4v) is 1.87. The second-order valence-electron chi connectivity index (χ2n) is 4.08. The number of halogens is 1. The van der Waals surface area contributed by atoms with Crippen LogP contribution in [0.1, 0.15) is 38.7 Å². The number of rotatable bonds is 5. The summed E-state index contributed by atoms with van der Waals surface area (Å²) < 4.78 is 1.15. The van der Waals surface area contributed by atoms with Crippen molar-refractivity contribution in [3.63, 3.8) is 0 Å². The molecule has 1 rings (SSSR count). The van der Waals surface area contributed by atoms with Gasteiger partial charge in [0.25, 0.3) is 0 Å². The first kappa shape index (κ1) is 12.7. The molecule has 2 heteroatoms. The zero-order chi connectivity index (χ0) is 11.3. The zero-order valence-electron chi connectivity index (χ0n) is 9.76. The molecule has 0 aliphatic rings. The van der Waals surface area contributed by atoms with Crippen LogP contribution in [0.25, 0.3) is 0 Å². The topological polar surface area (TPSA) is 12.0 Å². The van der Waals surface area contributed by atoms with Gasteiger partial charge in [0.2, 0.25) is 0 Å². The van der Waals surface area contributed by atoms with Gasteiger partial charge in [-0.25, -0.2) is 0 Å². The molecule has 0 radical (unpaired) electrons. The van der Waals surface area contributed by atoms with E-state index in [1.54, 1.807) is 0 Å². The largest absolute Gasteiger partial charge is 0.314 e. The van der Waals surface area contributed by atoms with Crippen LogP contribution in [0.2, 0.25) is 0 Å². The molecular weight excluding hydrogens is 250 g/mol. The Morgan fingerprint density at radius 1 is 1.20 bits per heavy atom. The molecule has 0 aromatic heterocycles. The maximum Gasteiger partial charge on any atom is 0.0175 e. The Morgan fingerprint density at radius 3 is 2.33 bits per heavy atom. The van der Waals surface area contributed by atoms with Crippen LogP contribution in [0.5, 0.6) is 0 Å². The van der Waals surface area contributed by atoms with Crippen LogP contribution in [0, 0.1) is 0 Å². The van der Waals surface area contributed by atoms with Crippen LogP contribution in [0.15, 0.2) is 28.7 Å². The molecule has 0 heterocycles. The third-order valence-corrected chi connectivity index (χ3v) is 3.39. The Balaban J connectivity index is 2.59. The first-order valence-electron chi connectivity index (χ1n) is 5.64. The molecular formula is C13H20BrN. The van der Waals surface area contributed by atoms with E-state index in [0.717, 1.165) is 11.0 Å². The zero-order valence-corrected chi connectivity index (χ0v) is 11.3. The highest BCUT2D eigenvalue weighted by molar-refractivity contribution is 9.10. The van der Waals surface area contributed by atoms with Crippen LogP contribution in [0.3, 0.4) is 0 Å². The summed E-state index contributed by atoms with van der Waals surface area (Å²) in [7, 11) is 0. The van der Waals surface area contributed by atoms with Gasteiger partial charge >= 0.3 is 0 Å². The van der Waals surface area contributed by atoms with E-state index in [1.165, 1.54) is 12.0 Å². The summed E-state index contributed by atoms with van der Waals surface area (Å²) >= 11 is 3.46. The standard InChI is InChI=1S/C13H20BrN/c1-4-9-15-11(3)10(2)12-5-7-13(14)8-6-12/h5-8,10-11,15H,4,9H2,1-3H3. The highest BCUT2D eigenvalue weighted by Gasteiger charge is 2.12. The smallest absolute Gasteiger partial charge is 0.0175 e. The highest BCUT2D eigenvalue weighted by Crippen LogP contribution is 2.21. The van der Waals surface area contributed by atoms with E-state index in [2.05, 4.69) is 66.3 Å². The molecule has 15 heavy (non-hydrogen) atoms. The van der Waals surface area contributed by atoms with Gasteiger partial charge in [0.1, 0.15) is 0 Å². The normalized spacial score (nSPS) is 14.9. The van der Waals surface area contributed by atoms with Crippen molar-refractivity contribution >= 4 is 15.9 Å². The number of hydrogen-bond donors (Lipinski definition) is 1. The molecule has 0 amide bonds. The lowest BCUT2D eigenvalue weighted by Gasteiger charge is -2.21.